The third kappa shape index (κ3) is 3.36. The number of thioether (sulfide) groups is 1. The molecule has 0 unspecified atom stereocenters. The molecule has 0 amide bonds. The second kappa shape index (κ2) is 5.91. The van der Waals surface area contributed by atoms with E-state index >= 15 is 0 Å². The van der Waals surface area contributed by atoms with E-state index in [1.807, 2.05) is 18.4 Å². The third-order valence-corrected chi connectivity index (χ3v) is 4.30. The summed E-state index contributed by atoms with van der Waals surface area (Å²) in [5.41, 5.74) is 0.530. The number of nitrogens with one attached hydrogen (secondary N) is 1. The summed E-state index contributed by atoms with van der Waals surface area (Å²) in [5, 5.41) is 3.93. The molecule has 0 bridgehead atoms. The largest absolute Gasteiger partial charge is 0.368 e. The van der Waals surface area contributed by atoms with Crippen molar-refractivity contribution in [1.82, 2.24) is 9.97 Å². The van der Waals surface area contributed by atoms with Crippen LogP contribution in [-0.2, 0) is 0 Å². The first-order valence-electron chi connectivity index (χ1n) is 6.27. The van der Waals surface area contributed by atoms with E-state index in [-0.39, 0.29) is 4.75 Å². The molecule has 0 radical (unpaired) electrons. The maximum Gasteiger partial charge on any atom is 0.297 e. The van der Waals surface area contributed by atoms with Crippen molar-refractivity contribution >= 4 is 28.5 Å². The van der Waals surface area contributed by atoms with Crippen molar-refractivity contribution in [2.24, 2.45) is 0 Å². The molecule has 0 aliphatic carbocycles. The second-order valence-electron chi connectivity index (χ2n) is 5.07. The molecular weight excluding hydrogens is 280 g/mol. The van der Waals surface area contributed by atoms with E-state index in [1.54, 1.807) is 23.9 Å². The summed E-state index contributed by atoms with van der Waals surface area (Å²) < 4.78 is 25.7. The lowest BCUT2D eigenvalue weighted by Gasteiger charge is -2.23. The van der Waals surface area contributed by atoms with Crippen LogP contribution in [0.3, 0.4) is 0 Å². The Balaban J connectivity index is 2.39. The predicted molar refractivity (Wildman–Crippen MR) is 80.6 cm³/mol. The van der Waals surface area contributed by atoms with Crippen molar-refractivity contribution in [3.05, 3.63) is 30.1 Å². The molecular formula is C14H17F2N3S. The highest BCUT2D eigenvalue weighted by Crippen LogP contribution is 2.26. The molecule has 108 valence electrons. The van der Waals surface area contributed by atoms with Gasteiger partial charge in [0.2, 0.25) is 0 Å². The van der Waals surface area contributed by atoms with Crippen molar-refractivity contribution in [3.63, 3.8) is 0 Å². The molecule has 0 fully saturated rings. The van der Waals surface area contributed by atoms with Crippen LogP contribution in [0.2, 0.25) is 0 Å². The van der Waals surface area contributed by atoms with Gasteiger partial charge in [-0.3, -0.25) is 0 Å². The Morgan fingerprint density at radius 3 is 2.60 bits per heavy atom. The molecule has 3 nitrogen and oxygen atoms in total. The Bertz CT molecular complexity index is 602. The van der Waals surface area contributed by atoms with Crippen molar-refractivity contribution in [2.75, 3.05) is 18.1 Å². The molecule has 1 aromatic carbocycles. The van der Waals surface area contributed by atoms with Gasteiger partial charge in [0, 0.05) is 16.7 Å². The molecule has 6 heteroatoms. The minimum Gasteiger partial charge on any atom is -0.368 e. The average molecular weight is 297 g/mol. The molecule has 0 saturated heterocycles. The van der Waals surface area contributed by atoms with Crippen molar-refractivity contribution < 1.29 is 8.78 Å². The number of aromatic nitrogens is 2. The molecule has 1 N–H and O–H groups in total. The SMILES string of the molecule is CSC(C)(C)CNc1nc(C(F)F)nc2ccccc12. The number of anilines is 1. The summed E-state index contributed by atoms with van der Waals surface area (Å²) in [7, 11) is 0. The van der Waals surface area contributed by atoms with Gasteiger partial charge >= 0.3 is 0 Å². The molecule has 1 heterocycles. The van der Waals surface area contributed by atoms with Crippen molar-refractivity contribution in [2.45, 2.75) is 25.0 Å². The van der Waals surface area contributed by atoms with Crippen molar-refractivity contribution in [1.29, 1.82) is 0 Å². The fourth-order valence-corrected chi connectivity index (χ4v) is 1.91. The van der Waals surface area contributed by atoms with Crippen LogP contribution < -0.4 is 5.32 Å². The molecule has 1 aromatic heterocycles. The number of halogens is 2. The zero-order chi connectivity index (χ0) is 14.8. The Hall–Kier alpha value is -1.43. The molecule has 2 aromatic rings. The van der Waals surface area contributed by atoms with E-state index in [0.29, 0.717) is 17.9 Å². The highest BCUT2D eigenvalue weighted by Gasteiger charge is 2.18. The first kappa shape index (κ1) is 15.0. The van der Waals surface area contributed by atoms with Crippen LogP contribution in [0, 0.1) is 0 Å². The van der Waals surface area contributed by atoms with Gasteiger partial charge in [0.1, 0.15) is 5.82 Å². The lowest BCUT2D eigenvalue weighted by Crippen LogP contribution is -2.26. The smallest absolute Gasteiger partial charge is 0.297 e. The van der Waals surface area contributed by atoms with Gasteiger partial charge in [-0.05, 0) is 32.2 Å². The summed E-state index contributed by atoms with van der Waals surface area (Å²) in [6, 6.07) is 7.17. The number of rotatable bonds is 5. The molecule has 0 atom stereocenters. The van der Waals surface area contributed by atoms with Crippen LogP contribution in [0.1, 0.15) is 26.1 Å². The summed E-state index contributed by atoms with van der Waals surface area (Å²) >= 11 is 1.71. The van der Waals surface area contributed by atoms with Crippen LogP contribution in [0.15, 0.2) is 24.3 Å². The monoisotopic (exact) mass is 297 g/mol. The number of benzene rings is 1. The van der Waals surface area contributed by atoms with Crippen LogP contribution in [-0.4, -0.2) is 27.5 Å². The first-order chi connectivity index (χ1) is 9.43. The van der Waals surface area contributed by atoms with E-state index in [9.17, 15) is 8.78 Å². The van der Waals surface area contributed by atoms with Crippen LogP contribution in [0.5, 0.6) is 0 Å². The molecule has 0 aliphatic heterocycles. The van der Waals surface area contributed by atoms with Gasteiger partial charge in [-0.1, -0.05) is 12.1 Å². The van der Waals surface area contributed by atoms with E-state index in [2.05, 4.69) is 29.1 Å². The van der Waals surface area contributed by atoms with Gasteiger partial charge < -0.3 is 5.32 Å². The summed E-state index contributed by atoms with van der Waals surface area (Å²) in [6.07, 6.45) is -0.654. The zero-order valence-electron chi connectivity index (χ0n) is 11.7. The highest BCUT2D eigenvalue weighted by molar-refractivity contribution is 7.99. The van der Waals surface area contributed by atoms with Crippen LogP contribution in [0.4, 0.5) is 14.6 Å². The number of hydrogen-bond donors (Lipinski definition) is 1. The number of alkyl halides is 2. The summed E-state index contributed by atoms with van der Waals surface area (Å²) in [5.74, 6) is 0.0289. The van der Waals surface area contributed by atoms with Crippen molar-refractivity contribution in [3.8, 4) is 0 Å². The normalized spacial score (nSPS) is 12.1. The van der Waals surface area contributed by atoms with Gasteiger partial charge in [0.25, 0.3) is 6.43 Å². The van der Waals surface area contributed by atoms with E-state index in [4.69, 9.17) is 0 Å². The molecule has 0 aliphatic rings. The fraction of sp³-hybridized carbons (Fsp3) is 0.429. The van der Waals surface area contributed by atoms with E-state index < -0.39 is 12.2 Å². The minimum absolute atomic E-state index is 0.00293. The Labute approximate surface area is 121 Å². The number of nitrogens with zero attached hydrogens (tertiary/aromatic N) is 2. The predicted octanol–water partition coefficient (Wildman–Crippen LogP) is 4.12. The maximum absolute atomic E-state index is 12.9. The van der Waals surface area contributed by atoms with Crippen LogP contribution >= 0.6 is 11.8 Å². The maximum atomic E-state index is 12.9. The van der Waals surface area contributed by atoms with E-state index in [0.717, 1.165) is 5.39 Å². The number of hydrogen-bond acceptors (Lipinski definition) is 4. The highest BCUT2D eigenvalue weighted by atomic mass is 32.2. The molecule has 0 spiro atoms. The van der Waals surface area contributed by atoms with Gasteiger partial charge in [-0.2, -0.15) is 11.8 Å². The second-order valence-corrected chi connectivity index (χ2v) is 6.58. The third-order valence-electron chi connectivity index (χ3n) is 3.05. The zero-order valence-corrected chi connectivity index (χ0v) is 12.5. The summed E-state index contributed by atoms with van der Waals surface area (Å²) in [4.78, 5) is 7.85. The van der Waals surface area contributed by atoms with Crippen LogP contribution in [0.25, 0.3) is 10.9 Å². The van der Waals surface area contributed by atoms with Gasteiger partial charge in [-0.25, -0.2) is 18.7 Å². The Morgan fingerprint density at radius 2 is 1.95 bits per heavy atom. The average Bonchev–Trinajstić information content (AvgIpc) is 2.44. The van der Waals surface area contributed by atoms with Gasteiger partial charge in [0.15, 0.2) is 5.82 Å². The number of para-hydroxylation sites is 1. The standard InChI is InChI=1S/C14H17F2N3S/c1-14(2,20-3)8-17-12-9-6-4-5-7-10(9)18-13(19-12)11(15)16/h4-7,11H,8H2,1-3H3,(H,17,18,19). The molecule has 2 rings (SSSR count). The van der Waals surface area contributed by atoms with Gasteiger partial charge in [0.05, 0.1) is 5.52 Å². The van der Waals surface area contributed by atoms with Gasteiger partial charge in [-0.15, -0.1) is 0 Å². The lowest BCUT2D eigenvalue weighted by atomic mass is 10.2. The fourth-order valence-electron chi connectivity index (χ4n) is 1.70. The lowest BCUT2D eigenvalue weighted by molar-refractivity contribution is 0.141. The Morgan fingerprint density at radius 1 is 1.25 bits per heavy atom. The number of fused-ring (bicyclic) bond motifs is 1. The van der Waals surface area contributed by atoms with E-state index in [1.165, 1.54) is 0 Å². The topological polar surface area (TPSA) is 37.8 Å². The summed E-state index contributed by atoms with van der Waals surface area (Å²) in [6.45, 7) is 4.81. The minimum atomic E-state index is -2.67. The Kier molecular flexibility index (Phi) is 4.42. The molecule has 20 heavy (non-hydrogen) atoms. The molecule has 0 saturated carbocycles. The quantitative estimate of drug-likeness (QED) is 0.901. The first-order valence-corrected chi connectivity index (χ1v) is 7.49.